The van der Waals surface area contributed by atoms with Gasteiger partial charge in [0, 0.05) is 7.11 Å². The molecule has 0 saturated heterocycles. The molecule has 0 aliphatic heterocycles. The summed E-state index contributed by atoms with van der Waals surface area (Å²) in [5, 5.41) is 27.5. The molecule has 0 amide bonds. The van der Waals surface area contributed by atoms with E-state index in [1.54, 1.807) is 6.92 Å². The summed E-state index contributed by atoms with van der Waals surface area (Å²) in [6.45, 7) is 4.66. The van der Waals surface area contributed by atoms with E-state index in [0.717, 1.165) is 0 Å². The number of rotatable bonds is 6. The Kier molecular flexibility index (Phi) is 5.43. The van der Waals surface area contributed by atoms with Crippen molar-refractivity contribution in [2.45, 2.75) is 31.8 Å². The fraction of sp³-hybridized carbons (Fsp3) is 0.750. The van der Waals surface area contributed by atoms with Gasteiger partial charge < -0.3 is 24.8 Å². The standard InChI is InChI=1S/C8H16O5/c1-4-13-7(12-3)6(10)8(2,11)5-9/h4-7,9-11H,1-3H3. The summed E-state index contributed by atoms with van der Waals surface area (Å²) in [7, 11) is 1.32. The first-order chi connectivity index (χ1) is 5.99. The molecule has 0 aliphatic carbocycles. The minimum atomic E-state index is -1.76. The van der Waals surface area contributed by atoms with Crippen LogP contribution in [0.1, 0.15) is 13.8 Å². The predicted octanol–water partition coefficient (Wildman–Crippen LogP) is -0.197. The zero-order valence-electron chi connectivity index (χ0n) is 7.97. The SMILES string of the molecule is C[CH]OC(OC)C(O)C(C)(O)[CH]O. The topological polar surface area (TPSA) is 79.2 Å². The van der Waals surface area contributed by atoms with Gasteiger partial charge in [0.1, 0.15) is 18.3 Å². The molecule has 3 unspecified atom stereocenters. The van der Waals surface area contributed by atoms with Gasteiger partial charge in [-0.05, 0) is 13.8 Å². The second-order valence-corrected chi connectivity index (χ2v) is 2.78. The fourth-order valence-corrected chi connectivity index (χ4v) is 0.745. The molecule has 3 atom stereocenters. The first-order valence-corrected chi connectivity index (χ1v) is 3.84. The van der Waals surface area contributed by atoms with Crippen LogP contribution in [-0.4, -0.2) is 40.4 Å². The molecule has 0 fully saturated rings. The highest BCUT2D eigenvalue weighted by atomic mass is 16.7. The maximum absolute atomic E-state index is 9.46. The Morgan fingerprint density at radius 1 is 1.46 bits per heavy atom. The fourth-order valence-electron chi connectivity index (χ4n) is 0.745. The van der Waals surface area contributed by atoms with Crippen LogP contribution in [-0.2, 0) is 9.47 Å². The van der Waals surface area contributed by atoms with Crippen LogP contribution in [0.4, 0.5) is 0 Å². The molecule has 0 aromatic carbocycles. The van der Waals surface area contributed by atoms with E-state index < -0.39 is 18.0 Å². The van der Waals surface area contributed by atoms with E-state index in [-0.39, 0.29) is 0 Å². The van der Waals surface area contributed by atoms with Gasteiger partial charge in [0.25, 0.3) is 0 Å². The van der Waals surface area contributed by atoms with Gasteiger partial charge in [0.15, 0.2) is 6.29 Å². The first-order valence-electron chi connectivity index (χ1n) is 3.84. The second kappa shape index (κ2) is 5.51. The van der Waals surface area contributed by atoms with Gasteiger partial charge in [-0.1, -0.05) is 0 Å². The summed E-state index contributed by atoms with van der Waals surface area (Å²) in [6, 6.07) is 0. The molecule has 3 N–H and O–H groups in total. The monoisotopic (exact) mass is 192 g/mol. The number of aliphatic hydroxyl groups excluding tert-OH is 2. The number of hydrogen-bond acceptors (Lipinski definition) is 5. The van der Waals surface area contributed by atoms with Gasteiger partial charge in [0.05, 0.1) is 6.61 Å². The Labute approximate surface area is 77.9 Å². The van der Waals surface area contributed by atoms with Gasteiger partial charge in [-0.25, -0.2) is 0 Å². The number of ether oxygens (including phenoxy) is 2. The summed E-state index contributed by atoms with van der Waals surface area (Å²) in [5.74, 6) is 0. The van der Waals surface area contributed by atoms with Crippen LogP contribution in [0, 0.1) is 13.2 Å². The maximum Gasteiger partial charge on any atom is 0.186 e. The lowest BCUT2D eigenvalue weighted by Crippen LogP contribution is -2.48. The Morgan fingerprint density at radius 2 is 2.00 bits per heavy atom. The van der Waals surface area contributed by atoms with E-state index in [1.165, 1.54) is 20.6 Å². The Bertz CT molecular complexity index is 136. The molecule has 0 aromatic heterocycles. The number of hydrogen-bond donors (Lipinski definition) is 3. The smallest absolute Gasteiger partial charge is 0.186 e. The third-order valence-electron chi connectivity index (χ3n) is 1.62. The van der Waals surface area contributed by atoms with Crippen molar-refractivity contribution in [2.24, 2.45) is 0 Å². The zero-order chi connectivity index (χ0) is 10.5. The minimum Gasteiger partial charge on any atom is -0.387 e. The molecule has 0 rings (SSSR count). The molecule has 2 radical (unpaired) electrons. The quantitative estimate of drug-likeness (QED) is 0.508. The van der Waals surface area contributed by atoms with Crippen molar-refractivity contribution >= 4 is 0 Å². The average Bonchev–Trinajstić information content (AvgIpc) is 2.13. The van der Waals surface area contributed by atoms with Crippen LogP contribution in [0.25, 0.3) is 0 Å². The predicted molar refractivity (Wildman–Crippen MR) is 44.7 cm³/mol. The minimum absolute atomic E-state index is 0.489. The number of methoxy groups -OCH3 is 1. The summed E-state index contributed by atoms with van der Waals surface area (Å²) in [6.07, 6.45) is -2.37. The molecule has 5 heteroatoms. The van der Waals surface area contributed by atoms with E-state index in [0.29, 0.717) is 6.61 Å². The Balaban J connectivity index is 4.26. The van der Waals surface area contributed by atoms with Crippen LogP contribution in [0.5, 0.6) is 0 Å². The lowest BCUT2D eigenvalue weighted by Gasteiger charge is -2.31. The molecule has 0 bridgehead atoms. The van der Waals surface area contributed by atoms with E-state index in [4.69, 9.17) is 14.6 Å². The van der Waals surface area contributed by atoms with E-state index in [2.05, 4.69) is 0 Å². The molecule has 0 aliphatic rings. The molecular formula is C8H16O5. The third kappa shape index (κ3) is 3.58. The van der Waals surface area contributed by atoms with Crippen molar-refractivity contribution in [3.05, 3.63) is 13.2 Å². The van der Waals surface area contributed by atoms with Crippen molar-refractivity contribution < 1.29 is 24.8 Å². The third-order valence-corrected chi connectivity index (χ3v) is 1.62. The molecule has 13 heavy (non-hydrogen) atoms. The molecule has 5 nitrogen and oxygen atoms in total. The maximum atomic E-state index is 9.46. The number of aliphatic hydroxyl groups is 3. The lowest BCUT2D eigenvalue weighted by molar-refractivity contribution is -0.210. The molecule has 0 aromatic rings. The van der Waals surface area contributed by atoms with Gasteiger partial charge in [-0.3, -0.25) is 0 Å². The summed E-state index contributed by atoms with van der Waals surface area (Å²) in [5.41, 5.74) is -1.76. The van der Waals surface area contributed by atoms with Crippen LogP contribution in [0.2, 0.25) is 0 Å². The van der Waals surface area contributed by atoms with Crippen molar-refractivity contribution in [3.8, 4) is 0 Å². The average molecular weight is 192 g/mol. The summed E-state index contributed by atoms with van der Waals surface area (Å²) in [4.78, 5) is 0. The molecule has 78 valence electrons. The van der Waals surface area contributed by atoms with Crippen molar-refractivity contribution in [2.75, 3.05) is 7.11 Å². The highest BCUT2D eigenvalue weighted by Gasteiger charge is 2.37. The van der Waals surface area contributed by atoms with Gasteiger partial charge in [-0.2, -0.15) is 0 Å². The molecule has 0 saturated carbocycles. The first kappa shape index (κ1) is 12.8. The van der Waals surface area contributed by atoms with Crippen molar-refractivity contribution in [3.63, 3.8) is 0 Å². The van der Waals surface area contributed by atoms with E-state index in [9.17, 15) is 10.2 Å². The van der Waals surface area contributed by atoms with Crippen LogP contribution >= 0.6 is 0 Å². The highest BCUT2D eigenvalue weighted by Crippen LogP contribution is 2.18. The largest absolute Gasteiger partial charge is 0.387 e. The van der Waals surface area contributed by atoms with Crippen LogP contribution in [0.15, 0.2) is 0 Å². The lowest BCUT2D eigenvalue weighted by atomic mass is 10.00. The normalized spacial score (nSPS) is 20.8. The van der Waals surface area contributed by atoms with Gasteiger partial charge in [-0.15, -0.1) is 0 Å². The summed E-state index contributed by atoms with van der Waals surface area (Å²) >= 11 is 0. The van der Waals surface area contributed by atoms with E-state index in [1.807, 2.05) is 0 Å². The Morgan fingerprint density at radius 3 is 2.31 bits per heavy atom. The zero-order valence-corrected chi connectivity index (χ0v) is 7.97. The van der Waals surface area contributed by atoms with Crippen molar-refractivity contribution in [1.29, 1.82) is 0 Å². The van der Waals surface area contributed by atoms with Crippen LogP contribution < -0.4 is 0 Å². The van der Waals surface area contributed by atoms with Gasteiger partial charge >= 0.3 is 0 Å². The summed E-state index contributed by atoms with van der Waals surface area (Å²) < 4.78 is 9.60. The van der Waals surface area contributed by atoms with Gasteiger partial charge in [0.2, 0.25) is 0 Å². The molecular weight excluding hydrogens is 176 g/mol. The van der Waals surface area contributed by atoms with E-state index >= 15 is 0 Å². The highest BCUT2D eigenvalue weighted by molar-refractivity contribution is 4.90. The van der Waals surface area contributed by atoms with Crippen molar-refractivity contribution in [1.82, 2.24) is 0 Å². The van der Waals surface area contributed by atoms with Crippen LogP contribution in [0.3, 0.4) is 0 Å². The Hall–Kier alpha value is -0.200. The molecule has 0 heterocycles. The second-order valence-electron chi connectivity index (χ2n) is 2.78. The molecule has 0 spiro atoms.